The minimum atomic E-state index is 0.810. The SMILES string of the molecule is C1Cc2nonc2N1. The molecule has 4 heteroatoms. The Balaban J connectivity index is 2.54. The van der Waals surface area contributed by atoms with Gasteiger partial charge in [0.15, 0.2) is 5.82 Å². The lowest BCUT2D eigenvalue weighted by Gasteiger charge is -1.82. The lowest BCUT2D eigenvalue weighted by atomic mass is 10.4. The molecule has 0 saturated carbocycles. The molecule has 0 radical (unpaired) electrons. The van der Waals surface area contributed by atoms with Crippen LogP contribution in [0.15, 0.2) is 4.63 Å². The van der Waals surface area contributed by atoms with E-state index in [-0.39, 0.29) is 0 Å². The van der Waals surface area contributed by atoms with Gasteiger partial charge in [-0.25, -0.2) is 4.63 Å². The second-order valence-corrected chi connectivity index (χ2v) is 1.74. The van der Waals surface area contributed by atoms with Gasteiger partial charge in [-0.1, -0.05) is 5.16 Å². The van der Waals surface area contributed by atoms with Gasteiger partial charge in [-0.15, -0.1) is 0 Å². The largest absolute Gasteiger partial charge is 0.365 e. The van der Waals surface area contributed by atoms with E-state index in [1.807, 2.05) is 0 Å². The molecule has 1 aromatic rings. The molecule has 0 aromatic carbocycles. The number of anilines is 1. The van der Waals surface area contributed by atoms with Crippen LogP contribution in [0.4, 0.5) is 5.82 Å². The van der Waals surface area contributed by atoms with Crippen molar-refractivity contribution in [3.63, 3.8) is 0 Å². The Hall–Kier alpha value is -1.06. The highest BCUT2D eigenvalue weighted by molar-refractivity contribution is 5.42. The summed E-state index contributed by atoms with van der Waals surface area (Å²) in [5, 5.41) is 10.3. The maximum absolute atomic E-state index is 4.42. The maximum atomic E-state index is 4.42. The molecule has 0 atom stereocenters. The van der Waals surface area contributed by atoms with Gasteiger partial charge >= 0.3 is 0 Å². The van der Waals surface area contributed by atoms with Crippen LogP contribution in [-0.4, -0.2) is 16.9 Å². The number of nitrogens with zero attached hydrogens (tertiary/aromatic N) is 2. The number of hydrogen-bond donors (Lipinski definition) is 1. The van der Waals surface area contributed by atoms with Crippen LogP contribution in [-0.2, 0) is 6.42 Å². The monoisotopic (exact) mass is 111 g/mol. The molecule has 1 aliphatic heterocycles. The molecule has 0 saturated heterocycles. The molecular formula is C4H5N3O. The minimum absolute atomic E-state index is 0.810. The summed E-state index contributed by atoms with van der Waals surface area (Å²) >= 11 is 0. The molecule has 2 heterocycles. The molecule has 0 spiro atoms. The van der Waals surface area contributed by atoms with E-state index >= 15 is 0 Å². The fourth-order valence-electron chi connectivity index (χ4n) is 0.804. The molecule has 0 bridgehead atoms. The van der Waals surface area contributed by atoms with E-state index < -0.39 is 0 Å². The van der Waals surface area contributed by atoms with Crippen molar-refractivity contribution in [1.82, 2.24) is 10.3 Å². The zero-order valence-electron chi connectivity index (χ0n) is 4.22. The first kappa shape index (κ1) is 3.88. The highest BCUT2D eigenvalue weighted by Crippen LogP contribution is 2.14. The van der Waals surface area contributed by atoms with E-state index in [1.54, 1.807) is 0 Å². The van der Waals surface area contributed by atoms with Crippen molar-refractivity contribution in [3.8, 4) is 0 Å². The van der Waals surface area contributed by atoms with E-state index in [0.29, 0.717) is 0 Å². The molecule has 0 unspecified atom stereocenters. The first-order valence-electron chi connectivity index (χ1n) is 2.52. The number of nitrogens with one attached hydrogen (secondary N) is 1. The van der Waals surface area contributed by atoms with Crippen LogP contribution in [0.1, 0.15) is 5.69 Å². The van der Waals surface area contributed by atoms with Crippen LogP contribution in [0.3, 0.4) is 0 Å². The molecule has 1 N–H and O–H groups in total. The molecule has 0 amide bonds. The molecule has 1 aliphatic rings. The van der Waals surface area contributed by atoms with E-state index in [2.05, 4.69) is 20.3 Å². The van der Waals surface area contributed by atoms with Gasteiger partial charge in [0.2, 0.25) is 0 Å². The number of rotatable bonds is 0. The summed E-state index contributed by atoms with van der Waals surface area (Å²) in [5.41, 5.74) is 0.949. The van der Waals surface area contributed by atoms with Crippen molar-refractivity contribution < 1.29 is 4.63 Å². The average Bonchev–Trinajstić information content (AvgIpc) is 2.15. The van der Waals surface area contributed by atoms with Crippen LogP contribution < -0.4 is 5.32 Å². The van der Waals surface area contributed by atoms with Gasteiger partial charge in [0, 0.05) is 13.0 Å². The second kappa shape index (κ2) is 1.21. The van der Waals surface area contributed by atoms with Crippen LogP contribution in [0.5, 0.6) is 0 Å². The van der Waals surface area contributed by atoms with Gasteiger partial charge in [-0.3, -0.25) is 0 Å². The fraction of sp³-hybridized carbons (Fsp3) is 0.500. The molecule has 2 rings (SSSR count). The highest BCUT2D eigenvalue weighted by Gasteiger charge is 2.14. The smallest absolute Gasteiger partial charge is 0.194 e. The Morgan fingerprint density at radius 2 is 2.50 bits per heavy atom. The Morgan fingerprint density at radius 1 is 1.50 bits per heavy atom. The quantitative estimate of drug-likeness (QED) is 0.513. The fourth-order valence-corrected chi connectivity index (χ4v) is 0.804. The third-order valence-electron chi connectivity index (χ3n) is 1.21. The van der Waals surface area contributed by atoms with E-state index in [9.17, 15) is 0 Å². The van der Waals surface area contributed by atoms with Gasteiger partial charge in [-0.2, -0.15) is 0 Å². The number of aromatic nitrogens is 2. The zero-order valence-corrected chi connectivity index (χ0v) is 4.22. The maximum Gasteiger partial charge on any atom is 0.194 e. The summed E-state index contributed by atoms with van der Waals surface area (Å²) in [6, 6.07) is 0. The van der Waals surface area contributed by atoms with E-state index in [1.165, 1.54) is 0 Å². The summed E-state index contributed by atoms with van der Waals surface area (Å²) in [4.78, 5) is 0. The molecule has 42 valence electrons. The lowest BCUT2D eigenvalue weighted by Crippen LogP contribution is -1.92. The summed E-state index contributed by atoms with van der Waals surface area (Å²) in [6.07, 6.45) is 0.943. The molecule has 4 nitrogen and oxygen atoms in total. The summed E-state index contributed by atoms with van der Waals surface area (Å²) in [7, 11) is 0. The minimum Gasteiger partial charge on any atom is -0.365 e. The van der Waals surface area contributed by atoms with Crippen molar-refractivity contribution in [2.24, 2.45) is 0 Å². The van der Waals surface area contributed by atoms with Crippen LogP contribution in [0.2, 0.25) is 0 Å². The number of hydrogen-bond acceptors (Lipinski definition) is 4. The van der Waals surface area contributed by atoms with Crippen molar-refractivity contribution in [2.45, 2.75) is 6.42 Å². The van der Waals surface area contributed by atoms with Crippen LogP contribution >= 0.6 is 0 Å². The average molecular weight is 111 g/mol. The predicted molar refractivity (Wildman–Crippen MR) is 26.5 cm³/mol. The third-order valence-corrected chi connectivity index (χ3v) is 1.21. The Morgan fingerprint density at radius 3 is 3.38 bits per heavy atom. The Labute approximate surface area is 45.8 Å². The molecule has 0 aliphatic carbocycles. The van der Waals surface area contributed by atoms with Crippen molar-refractivity contribution in [2.75, 3.05) is 11.9 Å². The molecule has 8 heavy (non-hydrogen) atoms. The predicted octanol–water partition coefficient (Wildman–Crippen LogP) is 0.0376. The van der Waals surface area contributed by atoms with E-state index in [4.69, 9.17) is 0 Å². The third kappa shape index (κ3) is 0.344. The topological polar surface area (TPSA) is 51.0 Å². The second-order valence-electron chi connectivity index (χ2n) is 1.74. The molecule has 0 fully saturated rings. The first-order chi connectivity index (χ1) is 3.97. The highest BCUT2D eigenvalue weighted by atomic mass is 16.6. The molecular weight excluding hydrogens is 106 g/mol. The zero-order chi connectivity index (χ0) is 5.40. The summed E-state index contributed by atoms with van der Waals surface area (Å²) in [5.74, 6) is 0.810. The van der Waals surface area contributed by atoms with Gasteiger partial charge < -0.3 is 5.32 Å². The Kier molecular flexibility index (Phi) is 0.588. The van der Waals surface area contributed by atoms with E-state index in [0.717, 1.165) is 24.5 Å². The van der Waals surface area contributed by atoms with Crippen molar-refractivity contribution in [3.05, 3.63) is 5.69 Å². The van der Waals surface area contributed by atoms with Gasteiger partial charge in [0.05, 0.1) is 0 Å². The van der Waals surface area contributed by atoms with Crippen LogP contribution in [0, 0.1) is 0 Å². The standard InChI is InChI=1S/C4H5N3O/c1-2-5-4-3(1)6-8-7-4/h1-2H2,(H,5,7). The van der Waals surface area contributed by atoms with Crippen LogP contribution in [0.25, 0.3) is 0 Å². The molecule has 1 aromatic heterocycles. The summed E-state index contributed by atoms with van der Waals surface area (Å²) < 4.78 is 4.42. The van der Waals surface area contributed by atoms with Crippen molar-refractivity contribution in [1.29, 1.82) is 0 Å². The van der Waals surface area contributed by atoms with Crippen molar-refractivity contribution >= 4 is 5.82 Å². The first-order valence-corrected chi connectivity index (χ1v) is 2.52. The van der Waals surface area contributed by atoms with Gasteiger partial charge in [-0.05, 0) is 5.16 Å². The normalized spacial score (nSPS) is 15.5. The van der Waals surface area contributed by atoms with Gasteiger partial charge in [0.25, 0.3) is 0 Å². The van der Waals surface area contributed by atoms with Gasteiger partial charge in [0.1, 0.15) is 5.69 Å². The Bertz CT molecular complexity index is 176. The summed E-state index contributed by atoms with van der Waals surface area (Å²) in [6.45, 7) is 0.945. The number of fused-ring (bicyclic) bond motifs is 1. The lowest BCUT2D eigenvalue weighted by molar-refractivity contribution is 0.303.